The number of fused-ring (bicyclic) bond motifs is 1. The zero-order valence-electron chi connectivity index (χ0n) is 9.58. The van der Waals surface area contributed by atoms with Gasteiger partial charge >= 0.3 is 5.76 Å². The van der Waals surface area contributed by atoms with Crippen molar-refractivity contribution < 1.29 is 4.42 Å². The molecule has 0 N–H and O–H groups in total. The number of aryl methyl sites for hydroxylation is 1. The average molecular weight is 284 g/mol. The number of hydrogen-bond donors (Lipinski definition) is 0. The van der Waals surface area contributed by atoms with Crippen molar-refractivity contribution in [1.29, 1.82) is 0 Å². The molecular formula is C12H14BrNO2. The van der Waals surface area contributed by atoms with E-state index in [1.54, 1.807) is 4.57 Å². The van der Waals surface area contributed by atoms with E-state index >= 15 is 0 Å². The van der Waals surface area contributed by atoms with E-state index in [9.17, 15) is 4.79 Å². The Kier molecular flexibility index (Phi) is 2.93. The molecule has 0 unspecified atom stereocenters. The standard InChI is InChI=1S/C12H14BrNO2/c1-7(2)6-14-10-5-9(13)8(3)4-11(10)16-12(14)15/h4-5,7H,6H2,1-3H3. The van der Waals surface area contributed by atoms with Gasteiger partial charge < -0.3 is 4.42 Å². The SMILES string of the molecule is Cc1cc2oc(=O)n(CC(C)C)c2cc1Br. The molecule has 0 saturated carbocycles. The second-order valence-electron chi connectivity index (χ2n) is 4.44. The molecule has 16 heavy (non-hydrogen) atoms. The van der Waals surface area contributed by atoms with Crippen LogP contribution in [0.4, 0.5) is 0 Å². The Morgan fingerprint density at radius 3 is 2.75 bits per heavy atom. The zero-order chi connectivity index (χ0) is 11.9. The topological polar surface area (TPSA) is 35.1 Å². The first-order chi connectivity index (χ1) is 7.49. The van der Waals surface area contributed by atoms with Crippen LogP contribution in [0.3, 0.4) is 0 Å². The number of nitrogens with zero attached hydrogens (tertiary/aromatic N) is 1. The van der Waals surface area contributed by atoms with Gasteiger partial charge in [0.2, 0.25) is 0 Å². The number of aromatic nitrogens is 1. The van der Waals surface area contributed by atoms with E-state index in [1.165, 1.54) is 0 Å². The molecule has 0 aliphatic carbocycles. The largest absolute Gasteiger partial charge is 0.419 e. The third kappa shape index (κ3) is 1.94. The molecule has 2 rings (SSSR count). The molecular weight excluding hydrogens is 270 g/mol. The Bertz CT molecular complexity index is 580. The number of halogens is 1. The van der Waals surface area contributed by atoms with E-state index < -0.39 is 0 Å². The summed E-state index contributed by atoms with van der Waals surface area (Å²) in [6.45, 7) is 6.81. The highest BCUT2D eigenvalue weighted by Gasteiger charge is 2.11. The third-order valence-corrected chi connectivity index (χ3v) is 3.35. The van der Waals surface area contributed by atoms with Gasteiger partial charge in [-0.3, -0.25) is 4.57 Å². The smallest absolute Gasteiger partial charge is 0.408 e. The lowest BCUT2D eigenvalue weighted by atomic mass is 10.2. The fourth-order valence-electron chi connectivity index (χ4n) is 1.72. The molecule has 4 heteroatoms. The summed E-state index contributed by atoms with van der Waals surface area (Å²) in [5, 5.41) is 0. The molecule has 3 nitrogen and oxygen atoms in total. The van der Waals surface area contributed by atoms with Crippen molar-refractivity contribution >= 4 is 27.0 Å². The van der Waals surface area contributed by atoms with Gasteiger partial charge in [0.1, 0.15) is 0 Å². The highest BCUT2D eigenvalue weighted by molar-refractivity contribution is 9.10. The first kappa shape index (κ1) is 11.5. The van der Waals surface area contributed by atoms with Crippen molar-refractivity contribution in [2.75, 3.05) is 0 Å². The lowest BCUT2D eigenvalue weighted by molar-refractivity contribution is 0.458. The second kappa shape index (κ2) is 4.09. The van der Waals surface area contributed by atoms with Crippen LogP contribution < -0.4 is 5.76 Å². The predicted octanol–water partition coefficient (Wildman–Crippen LogP) is 3.32. The normalized spacial score (nSPS) is 11.6. The summed E-state index contributed by atoms with van der Waals surface area (Å²) in [5.74, 6) is 0.139. The Morgan fingerprint density at radius 1 is 1.44 bits per heavy atom. The van der Waals surface area contributed by atoms with E-state index in [2.05, 4.69) is 29.8 Å². The van der Waals surface area contributed by atoms with Crippen LogP contribution in [0.15, 0.2) is 25.8 Å². The molecule has 86 valence electrons. The van der Waals surface area contributed by atoms with Gasteiger partial charge in [0.25, 0.3) is 0 Å². The summed E-state index contributed by atoms with van der Waals surface area (Å²) in [5.41, 5.74) is 2.58. The molecule has 0 bridgehead atoms. The molecule has 0 aliphatic heterocycles. The summed E-state index contributed by atoms with van der Waals surface area (Å²) >= 11 is 3.47. The molecule has 0 spiro atoms. The monoisotopic (exact) mass is 283 g/mol. The first-order valence-electron chi connectivity index (χ1n) is 5.28. The lowest BCUT2D eigenvalue weighted by Gasteiger charge is -2.05. The molecule has 0 amide bonds. The Labute approximate surface area is 102 Å². The van der Waals surface area contributed by atoms with Crippen LogP contribution in [0.25, 0.3) is 11.1 Å². The van der Waals surface area contributed by atoms with Crippen molar-refractivity contribution in [2.24, 2.45) is 5.92 Å². The maximum atomic E-state index is 11.7. The Balaban J connectivity index is 2.69. The minimum absolute atomic E-state index is 0.277. The number of rotatable bonds is 2. The summed E-state index contributed by atoms with van der Waals surface area (Å²) in [6, 6.07) is 3.83. The minimum atomic E-state index is -0.277. The van der Waals surface area contributed by atoms with Crippen LogP contribution in [0.5, 0.6) is 0 Å². The molecule has 2 aromatic rings. The fraction of sp³-hybridized carbons (Fsp3) is 0.417. The van der Waals surface area contributed by atoms with Gasteiger partial charge in [0.05, 0.1) is 5.52 Å². The van der Waals surface area contributed by atoms with E-state index in [1.807, 2.05) is 19.1 Å². The van der Waals surface area contributed by atoms with Gasteiger partial charge in [-0.1, -0.05) is 29.8 Å². The summed E-state index contributed by atoms with van der Waals surface area (Å²) < 4.78 is 7.91. The highest BCUT2D eigenvalue weighted by Crippen LogP contribution is 2.23. The van der Waals surface area contributed by atoms with E-state index in [0.717, 1.165) is 15.6 Å². The van der Waals surface area contributed by atoms with E-state index in [0.29, 0.717) is 18.0 Å². The number of oxazole rings is 1. The van der Waals surface area contributed by atoms with Crippen LogP contribution in [0, 0.1) is 12.8 Å². The van der Waals surface area contributed by atoms with Crippen molar-refractivity contribution in [3.05, 3.63) is 32.7 Å². The number of benzene rings is 1. The van der Waals surface area contributed by atoms with Gasteiger partial charge in [-0.05, 0) is 30.5 Å². The second-order valence-corrected chi connectivity index (χ2v) is 5.30. The lowest BCUT2D eigenvalue weighted by Crippen LogP contribution is -2.17. The predicted molar refractivity (Wildman–Crippen MR) is 67.7 cm³/mol. The molecule has 0 aliphatic rings. The summed E-state index contributed by atoms with van der Waals surface area (Å²) in [7, 11) is 0. The van der Waals surface area contributed by atoms with E-state index in [4.69, 9.17) is 4.42 Å². The summed E-state index contributed by atoms with van der Waals surface area (Å²) in [4.78, 5) is 11.7. The molecule has 1 aromatic carbocycles. The number of hydrogen-bond acceptors (Lipinski definition) is 2. The van der Waals surface area contributed by atoms with Gasteiger partial charge in [-0.15, -0.1) is 0 Å². The van der Waals surface area contributed by atoms with Crippen molar-refractivity contribution in [1.82, 2.24) is 4.57 Å². The van der Waals surface area contributed by atoms with Crippen molar-refractivity contribution in [3.8, 4) is 0 Å². The van der Waals surface area contributed by atoms with Gasteiger partial charge in [-0.25, -0.2) is 4.79 Å². The van der Waals surface area contributed by atoms with Gasteiger partial charge in [-0.2, -0.15) is 0 Å². The summed E-state index contributed by atoms with van der Waals surface area (Å²) in [6.07, 6.45) is 0. The molecule has 0 saturated heterocycles. The Morgan fingerprint density at radius 2 is 2.12 bits per heavy atom. The van der Waals surface area contributed by atoms with Crippen LogP contribution in [0.2, 0.25) is 0 Å². The Hall–Kier alpha value is -1.03. The third-order valence-electron chi connectivity index (χ3n) is 2.50. The van der Waals surface area contributed by atoms with Gasteiger partial charge in [0.15, 0.2) is 5.58 Å². The zero-order valence-corrected chi connectivity index (χ0v) is 11.2. The molecule has 1 heterocycles. The van der Waals surface area contributed by atoms with E-state index in [-0.39, 0.29) is 5.76 Å². The van der Waals surface area contributed by atoms with Crippen LogP contribution in [-0.4, -0.2) is 4.57 Å². The van der Waals surface area contributed by atoms with Crippen LogP contribution in [0.1, 0.15) is 19.4 Å². The molecule has 0 atom stereocenters. The first-order valence-corrected chi connectivity index (χ1v) is 6.08. The van der Waals surface area contributed by atoms with Crippen molar-refractivity contribution in [2.45, 2.75) is 27.3 Å². The van der Waals surface area contributed by atoms with Gasteiger partial charge in [0, 0.05) is 11.0 Å². The van der Waals surface area contributed by atoms with Crippen LogP contribution >= 0.6 is 15.9 Å². The van der Waals surface area contributed by atoms with Crippen molar-refractivity contribution in [3.63, 3.8) is 0 Å². The molecule has 0 radical (unpaired) electrons. The molecule has 1 aromatic heterocycles. The quantitative estimate of drug-likeness (QED) is 0.848. The maximum absolute atomic E-state index is 11.7. The van der Waals surface area contributed by atoms with Crippen LogP contribution in [-0.2, 0) is 6.54 Å². The minimum Gasteiger partial charge on any atom is -0.408 e. The highest BCUT2D eigenvalue weighted by atomic mass is 79.9. The average Bonchev–Trinajstić information content (AvgIpc) is 2.45. The fourth-order valence-corrected chi connectivity index (χ4v) is 2.05. The molecule has 0 fully saturated rings. The maximum Gasteiger partial charge on any atom is 0.419 e.